The lowest BCUT2D eigenvalue weighted by atomic mass is 10.0. The molecule has 0 radical (unpaired) electrons. The van der Waals surface area contributed by atoms with Crippen molar-refractivity contribution in [2.24, 2.45) is 0 Å². The molecule has 0 aliphatic rings. The second-order valence-electron chi connectivity index (χ2n) is 3.84. The summed E-state index contributed by atoms with van der Waals surface area (Å²) in [6.45, 7) is 4.04. The van der Waals surface area contributed by atoms with Crippen LogP contribution in [0.3, 0.4) is 0 Å². The smallest absolute Gasteiger partial charge is 0.137 e. The normalized spacial score (nSPS) is 12.7. The van der Waals surface area contributed by atoms with E-state index in [2.05, 4.69) is 6.07 Å². The Morgan fingerprint density at radius 3 is 2.33 bits per heavy atom. The minimum absolute atomic E-state index is 0.583. The van der Waals surface area contributed by atoms with Crippen LogP contribution >= 0.6 is 0 Å². The van der Waals surface area contributed by atoms with E-state index in [1.54, 1.807) is 18.4 Å². The van der Waals surface area contributed by atoms with Crippen molar-refractivity contribution in [2.75, 3.05) is 0 Å². The van der Waals surface area contributed by atoms with Crippen molar-refractivity contribution in [3.05, 3.63) is 59.0 Å². The number of aryl methyl sites for hydroxylation is 2. The first kappa shape index (κ1) is 9.99. The Morgan fingerprint density at radius 2 is 1.80 bits per heavy atom. The van der Waals surface area contributed by atoms with E-state index in [0.717, 1.165) is 16.7 Å². The molecule has 78 valence electrons. The number of aliphatic hydroxyl groups is 1. The van der Waals surface area contributed by atoms with Crippen LogP contribution in [-0.2, 0) is 0 Å². The first-order valence-corrected chi connectivity index (χ1v) is 4.96. The molecule has 0 amide bonds. The van der Waals surface area contributed by atoms with E-state index in [4.69, 9.17) is 4.42 Å². The van der Waals surface area contributed by atoms with Gasteiger partial charge < -0.3 is 9.52 Å². The predicted molar refractivity (Wildman–Crippen MR) is 58.7 cm³/mol. The maximum Gasteiger partial charge on any atom is 0.137 e. The molecule has 0 saturated carbocycles. The average molecular weight is 202 g/mol. The van der Waals surface area contributed by atoms with Crippen molar-refractivity contribution in [2.45, 2.75) is 20.0 Å². The van der Waals surface area contributed by atoms with Crippen molar-refractivity contribution in [1.29, 1.82) is 0 Å². The van der Waals surface area contributed by atoms with Crippen LogP contribution < -0.4 is 0 Å². The van der Waals surface area contributed by atoms with Gasteiger partial charge in [0.05, 0.1) is 6.26 Å². The standard InChI is InChI=1S/C13H14O2/c1-9-6-10(2)8-11(7-9)13(14)12-4-3-5-15-12/h3-8,13-14H,1-2H3/t13-/m1/s1. The zero-order valence-electron chi connectivity index (χ0n) is 8.90. The minimum atomic E-state index is -0.668. The molecule has 1 aromatic carbocycles. The van der Waals surface area contributed by atoms with E-state index in [1.807, 2.05) is 26.0 Å². The number of hydrogen-bond donors (Lipinski definition) is 1. The molecule has 1 heterocycles. The van der Waals surface area contributed by atoms with Gasteiger partial charge in [-0.1, -0.05) is 29.3 Å². The third-order valence-electron chi connectivity index (χ3n) is 2.37. The van der Waals surface area contributed by atoms with Gasteiger partial charge in [0.2, 0.25) is 0 Å². The van der Waals surface area contributed by atoms with Crippen molar-refractivity contribution >= 4 is 0 Å². The fourth-order valence-electron chi connectivity index (χ4n) is 1.78. The van der Waals surface area contributed by atoms with E-state index in [9.17, 15) is 5.11 Å². The van der Waals surface area contributed by atoms with Gasteiger partial charge >= 0.3 is 0 Å². The highest BCUT2D eigenvalue weighted by Gasteiger charge is 2.13. The molecule has 0 spiro atoms. The largest absolute Gasteiger partial charge is 0.466 e. The molecule has 0 unspecified atom stereocenters. The molecule has 0 bridgehead atoms. The fraction of sp³-hybridized carbons (Fsp3) is 0.231. The highest BCUT2D eigenvalue weighted by atomic mass is 16.4. The Morgan fingerprint density at radius 1 is 1.13 bits per heavy atom. The molecule has 1 N–H and O–H groups in total. The van der Waals surface area contributed by atoms with Crippen LogP contribution in [-0.4, -0.2) is 5.11 Å². The molecular formula is C13H14O2. The molecule has 2 rings (SSSR count). The predicted octanol–water partition coefficient (Wildman–Crippen LogP) is 2.98. The summed E-state index contributed by atoms with van der Waals surface area (Å²) in [4.78, 5) is 0. The van der Waals surface area contributed by atoms with Crippen LogP contribution in [0.15, 0.2) is 41.0 Å². The van der Waals surface area contributed by atoms with Gasteiger partial charge in [-0.15, -0.1) is 0 Å². The Labute approximate surface area is 89.2 Å². The summed E-state index contributed by atoms with van der Waals surface area (Å²) >= 11 is 0. The summed E-state index contributed by atoms with van der Waals surface area (Å²) in [6, 6.07) is 9.59. The molecule has 0 aliphatic heterocycles. The molecule has 2 aromatic rings. The van der Waals surface area contributed by atoms with Gasteiger partial charge in [0.1, 0.15) is 11.9 Å². The van der Waals surface area contributed by atoms with Crippen LogP contribution in [0.4, 0.5) is 0 Å². The van der Waals surface area contributed by atoms with E-state index in [-0.39, 0.29) is 0 Å². The zero-order valence-corrected chi connectivity index (χ0v) is 8.90. The maximum absolute atomic E-state index is 10.0. The van der Waals surface area contributed by atoms with E-state index >= 15 is 0 Å². The lowest BCUT2D eigenvalue weighted by molar-refractivity contribution is 0.189. The van der Waals surface area contributed by atoms with Gasteiger partial charge in [-0.25, -0.2) is 0 Å². The monoisotopic (exact) mass is 202 g/mol. The van der Waals surface area contributed by atoms with Gasteiger partial charge in [0.25, 0.3) is 0 Å². The molecule has 15 heavy (non-hydrogen) atoms. The van der Waals surface area contributed by atoms with Crippen LogP contribution in [0.1, 0.15) is 28.6 Å². The first-order valence-electron chi connectivity index (χ1n) is 4.96. The summed E-state index contributed by atoms with van der Waals surface area (Å²) in [5.41, 5.74) is 3.17. The number of rotatable bonds is 2. The molecule has 1 atom stereocenters. The molecule has 1 aromatic heterocycles. The van der Waals surface area contributed by atoms with E-state index in [0.29, 0.717) is 5.76 Å². The maximum atomic E-state index is 10.0. The van der Waals surface area contributed by atoms with Gasteiger partial charge in [0.15, 0.2) is 0 Å². The summed E-state index contributed by atoms with van der Waals surface area (Å²) in [7, 11) is 0. The van der Waals surface area contributed by atoms with E-state index in [1.165, 1.54) is 0 Å². The van der Waals surface area contributed by atoms with Crippen molar-refractivity contribution in [3.8, 4) is 0 Å². The second-order valence-corrected chi connectivity index (χ2v) is 3.84. The number of hydrogen-bond acceptors (Lipinski definition) is 2. The van der Waals surface area contributed by atoms with E-state index < -0.39 is 6.10 Å². The molecule has 0 fully saturated rings. The summed E-state index contributed by atoms with van der Waals surface area (Å²) in [5.74, 6) is 0.583. The second kappa shape index (κ2) is 3.91. The lowest BCUT2D eigenvalue weighted by Gasteiger charge is -2.10. The Kier molecular flexibility index (Phi) is 2.60. The molecule has 0 saturated heterocycles. The van der Waals surface area contributed by atoms with Crippen LogP contribution in [0, 0.1) is 13.8 Å². The van der Waals surface area contributed by atoms with Crippen molar-refractivity contribution < 1.29 is 9.52 Å². The Hall–Kier alpha value is -1.54. The van der Waals surface area contributed by atoms with Gasteiger partial charge in [-0.05, 0) is 31.5 Å². The van der Waals surface area contributed by atoms with Crippen LogP contribution in [0.2, 0.25) is 0 Å². The molecular weight excluding hydrogens is 188 g/mol. The summed E-state index contributed by atoms with van der Waals surface area (Å²) in [5, 5.41) is 10.0. The Bertz CT molecular complexity index is 423. The van der Waals surface area contributed by atoms with Crippen LogP contribution in [0.5, 0.6) is 0 Å². The summed E-state index contributed by atoms with van der Waals surface area (Å²) < 4.78 is 5.18. The minimum Gasteiger partial charge on any atom is -0.466 e. The topological polar surface area (TPSA) is 33.4 Å². The zero-order chi connectivity index (χ0) is 10.8. The number of benzene rings is 1. The van der Waals surface area contributed by atoms with Crippen LogP contribution in [0.25, 0.3) is 0 Å². The Balaban J connectivity index is 2.37. The fourth-order valence-corrected chi connectivity index (χ4v) is 1.78. The van der Waals surface area contributed by atoms with Crippen molar-refractivity contribution in [1.82, 2.24) is 0 Å². The summed E-state index contributed by atoms with van der Waals surface area (Å²) in [6.07, 6.45) is 0.903. The molecule has 0 aliphatic carbocycles. The molecule has 2 heteroatoms. The highest BCUT2D eigenvalue weighted by Crippen LogP contribution is 2.23. The van der Waals surface area contributed by atoms with Crippen molar-refractivity contribution in [3.63, 3.8) is 0 Å². The molecule has 2 nitrogen and oxygen atoms in total. The number of furan rings is 1. The lowest BCUT2D eigenvalue weighted by Crippen LogP contribution is -1.98. The van der Waals surface area contributed by atoms with Gasteiger partial charge in [-0.2, -0.15) is 0 Å². The van der Waals surface area contributed by atoms with Gasteiger partial charge in [-0.3, -0.25) is 0 Å². The first-order chi connectivity index (χ1) is 7.16. The third kappa shape index (κ3) is 2.10. The SMILES string of the molecule is Cc1cc(C)cc([C@@H](O)c2ccco2)c1. The highest BCUT2D eigenvalue weighted by molar-refractivity contribution is 5.32. The quantitative estimate of drug-likeness (QED) is 0.812. The van der Waals surface area contributed by atoms with Gasteiger partial charge in [0, 0.05) is 0 Å². The number of aliphatic hydroxyl groups excluding tert-OH is 1. The third-order valence-corrected chi connectivity index (χ3v) is 2.37. The average Bonchev–Trinajstić information content (AvgIpc) is 2.67.